The van der Waals surface area contributed by atoms with Gasteiger partial charge < -0.3 is 10.2 Å². The van der Waals surface area contributed by atoms with E-state index in [0.717, 1.165) is 11.5 Å². The first kappa shape index (κ1) is 26.6. The van der Waals surface area contributed by atoms with E-state index in [0.29, 0.717) is 0 Å². The smallest absolute Gasteiger partial charge is 0.862 e. The molecule has 0 amide bonds. The predicted molar refractivity (Wildman–Crippen MR) is 116 cm³/mol. The van der Waals surface area contributed by atoms with Crippen molar-refractivity contribution in [1.29, 1.82) is 0 Å². The third kappa shape index (κ3) is 6.05. The number of fused-ring (bicyclic) bond motifs is 1. The standard InChI is InChI=1S/C20H17N3O7S2.Na/c1-3-31(26,27)16-7-4-14(5-8-16)22-23-19-18(32(28,29)30)11-13-10-15(21-12(2)24)6-9-17(13)20(19)25;/h3-11,25H,1H2,2H3,(H,21,24)(H,28,29,30);/q;+1/p-1. The molecule has 0 aromatic heterocycles. The molecule has 13 heteroatoms. The summed E-state index contributed by atoms with van der Waals surface area (Å²) in [4.78, 5) is 3.00. The Labute approximate surface area is 212 Å². The molecule has 2 N–H and O–H groups in total. The molecular weight excluding hydrogens is 481 g/mol. The fourth-order valence-corrected chi connectivity index (χ4v) is 4.16. The number of aromatic hydroxyl groups is 1. The second-order valence-corrected chi connectivity index (χ2v) is 9.77. The van der Waals surface area contributed by atoms with Gasteiger partial charge in [-0.1, -0.05) is 6.58 Å². The fourth-order valence-electron chi connectivity index (χ4n) is 2.79. The first-order chi connectivity index (χ1) is 14.9. The van der Waals surface area contributed by atoms with Crippen LogP contribution in [-0.4, -0.2) is 32.4 Å². The van der Waals surface area contributed by atoms with Crippen LogP contribution in [0, 0.1) is 0 Å². The first-order valence-electron chi connectivity index (χ1n) is 8.81. The van der Waals surface area contributed by atoms with Gasteiger partial charge in [0.15, 0.2) is 15.6 Å². The molecule has 0 aliphatic carbocycles. The number of hydrogen-bond donors (Lipinski definition) is 2. The maximum atomic E-state index is 11.9. The number of sulfone groups is 1. The van der Waals surface area contributed by atoms with Crippen molar-refractivity contribution in [2.24, 2.45) is 15.2 Å². The van der Waals surface area contributed by atoms with Gasteiger partial charge in [-0.2, -0.15) is 13.5 Å². The Balaban J connectivity index is 0.00000385. The minimum atomic E-state index is -4.82. The van der Waals surface area contributed by atoms with Crippen molar-refractivity contribution >= 4 is 53.7 Å². The molecule has 3 aromatic rings. The van der Waals surface area contributed by atoms with Crippen molar-refractivity contribution in [3.63, 3.8) is 0 Å². The van der Waals surface area contributed by atoms with Crippen LogP contribution < -0.4 is 34.7 Å². The number of hydrogen-bond acceptors (Lipinski definition) is 9. The van der Waals surface area contributed by atoms with E-state index in [-0.39, 0.29) is 56.6 Å². The fraction of sp³-hybridized carbons (Fsp3) is 0.0500. The maximum absolute atomic E-state index is 11.9. The van der Waals surface area contributed by atoms with E-state index in [9.17, 15) is 31.6 Å². The molecule has 0 spiro atoms. The number of nitrogens with zero attached hydrogens (tertiary/aromatic N) is 3. The number of phenols is 1. The van der Waals surface area contributed by atoms with Crippen LogP contribution in [0.15, 0.2) is 85.5 Å². The zero-order valence-corrected chi connectivity index (χ0v) is 21.1. The van der Waals surface area contributed by atoms with Crippen molar-refractivity contribution in [2.75, 3.05) is 0 Å². The van der Waals surface area contributed by atoms with Crippen LogP contribution in [0.4, 0.5) is 17.1 Å². The molecule has 3 aromatic carbocycles. The summed E-state index contributed by atoms with van der Waals surface area (Å²) in [6.45, 7) is 4.48. The van der Waals surface area contributed by atoms with Crippen molar-refractivity contribution in [3.8, 4) is 5.75 Å². The van der Waals surface area contributed by atoms with Crippen molar-refractivity contribution in [3.05, 3.63) is 60.5 Å². The number of azo groups is 1. The van der Waals surface area contributed by atoms with Gasteiger partial charge in [0.05, 0.1) is 16.3 Å². The summed E-state index contributed by atoms with van der Waals surface area (Å²) >= 11 is 0. The molecule has 10 nitrogen and oxygen atoms in total. The second-order valence-electron chi connectivity index (χ2n) is 6.49. The molecule has 0 saturated heterocycles. The average Bonchev–Trinajstić information content (AvgIpc) is 2.72. The number of rotatable bonds is 6. The summed E-state index contributed by atoms with van der Waals surface area (Å²) in [6, 6.07) is 10.4. The molecule has 0 aliphatic rings. The van der Waals surface area contributed by atoms with Gasteiger partial charge in [-0.15, -0.1) is 5.11 Å². The van der Waals surface area contributed by atoms with Gasteiger partial charge in [-0.05, 0) is 66.7 Å². The van der Waals surface area contributed by atoms with Crippen LogP contribution in [0.1, 0.15) is 6.92 Å². The molecule has 166 valence electrons. The molecule has 0 saturated carbocycles. The van der Waals surface area contributed by atoms with Gasteiger partial charge in [-0.3, -0.25) is 9.55 Å². The van der Waals surface area contributed by atoms with E-state index >= 15 is 0 Å². The predicted octanol–water partition coefficient (Wildman–Crippen LogP) is 0.539. The SMILES string of the molecule is C=CS(=O)(=O)c1ccc(N=Nc2c(S(=O)(=O)O)cc3cc(N=C(C)[O-])ccc3c2O)cc1.[Na+]. The molecule has 3 rings (SSSR count). The summed E-state index contributed by atoms with van der Waals surface area (Å²) in [7, 11) is -8.46. The molecule has 0 fully saturated rings. The van der Waals surface area contributed by atoms with E-state index in [1.54, 1.807) is 0 Å². The Morgan fingerprint density at radius 2 is 1.61 bits per heavy atom. The molecule has 33 heavy (non-hydrogen) atoms. The van der Waals surface area contributed by atoms with Gasteiger partial charge in [0.1, 0.15) is 10.6 Å². The van der Waals surface area contributed by atoms with Gasteiger partial charge in [-0.25, -0.2) is 8.42 Å². The van der Waals surface area contributed by atoms with E-state index < -0.39 is 42.2 Å². The van der Waals surface area contributed by atoms with Crippen molar-refractivity contribution < 1.29 is 61.2 Å². The Hall–Kier alpha value is -2.61. The van der Waals surface area contributed by atoms with Crippen LogP contribution >= 0.6 is 0 Å². The topological polar surface area (TPSA) is 169 Å². The van der Waals surface area contributed by atoms with E-state index in [4.69, 9.17) is 0 Å². The summed E-state index contributed by atoms with van der Waals surface area (Å²) < 4.78 is 57.0. The Morgan fingerprint density at radius 3 is 2.15 bits per heavy atom. The van der Waals surface area contributed by atoms with Gasteiger partial charge in [0.2, 0.25) is 0 Å². The minimum absolute atomic E-state index is 0. The minimum Gasteiger partial charge on any atom is -0.862 e. The Bertz CT molecular complexity index is 1490. The molecule has 0 atom stereocenters. The quantitative estimate of drug-likeness (QED) is 0.165. The number of phenolic OH excluding ortho intramolecular Hbond substituents is 1. The summed E-state index contributed by atoms with van der Waals surface area (Å²) in [5.41, 5.74) is -0.127. The number of benzene rings is 3. The van der Waals surface area contributed by atoms with E-state index in [2.05, 4.69) is 21.8 Å². The van der Waals surface area contributed by atoms with Crippen LogP contribution in [0.25, 0.3) is 10.8 Å². The van der Waals surface area contributed by atoms with Crippen molar-refractivity contribution in [1.82, 2.24) is 0 Å². The monoisotopic (exact) mass is 497 g/mol. The summed E-state index contributed by atoms with van der Waals surface area (Å²) in [5, 5.41) is 30.6. The molecule has 0 radical (unpaired) electrons. The molecular formula is C20H16N3NaO7S2. The summed E-state index contributed by atoms with van der Waals surface area (Å²) in [6.07, 6.45) is 0. The average molecular weight is 497 g/mol. The summed E-state index contributed by atoms with van der Waals surface area (Å²) in [5.74, 6) is -1.04. The zero-order chi connectivity index (χ0) is 23.7. The second kappa shape index (κ2) is 10.1. The van der Waals surface area contributed by atoms with E-state index in [1.165, 1.54) is 49.4 Å². The third-order valence-corrected chi connectivity index (χ3v) is 6.48. The largest absolute Gasteiger partial charge is 1.00 e. The Morgan fingerprint density at radius 1 is 1.00 bits per heavy atom. The third-order valence-electron chi connectivity index (χ3n) is 4.25. The van der Waals surface area contributed by atoms with Crippen LogP contribution in [0.2, 0.25) is 0 Å². The van der Waals surface area contributed by atoms with E-state index in [1.807, 2.05) is 0 Å². The van der Waals surface area contributed by atoms with Crippen LogP contribution in [0.5, 0.6) is 5.75 Å². The van der Waals surface area contributed by atoms with Gasteiger partial charge in [0, 0.05) is 10.8 Å². The Kier molecular flexibility index (Phi) is 8.17. The maximum Gasteiger partial charge on any atom is 1.00 e. The molecule has 0 bridgehead atoms. The molecule has 0 heterocycles. The van der Waals surface area contributed by atoms with Crippen LogP contribution in [0.3, 0.4) is 0 Å². The molecule has 0 aliphatic heterocycles. The molecule has 0 unspecified atom stereocenters. The van der Waals surface area contributed by atoms with Gasteiger partial charge >= 0.3 is 29.6 Å². The van der Waals surface area contributed by atoms with Crippen molar-refractivity contribution in [2.45, 2.75) is 16.7 Å². The zero-order valence-electron chi connectivity index (χ0n) is 17.5. The van der Waals surface area contributed by atoms with Crippen LogP contribution in [-0.2, 0) is 20.0 Å². The normalized spacial score (nSPS) is 12.6. The number of aliphatic imine (C=N–C) groups is 1. The van der Waals surface area contributed by atoms with Gasteiger partial charge in [0.25, 0.3) is 10.1 Å². The first-order valence-corrected chi connectivity index (χ1v) is 11.8.